The maximum Gasteiger partial charge on any atom is 0.412 e. The van der Waals surface area contributed by atoms with Gasteiger partial charge in [0.1, 0.15) is 17.5 Å². The van der Waals surface area contributed by atoms with Crippen molar-refractivity contribution < 1.29 is 28.7 Å². The van der Waals surface area contributed by atoms with Crippen molar-refractivity contribution in [3.05, 3.63) is 70.9 Å². The maximum absolute atomic E-state index is 12.7. The van der Waals surface area contributed by atoms with Gasteiger partial charge < -0.3 is 19.1 Å². The van der Waals surface area contributed by atoms with E-state index in [1.165, 1.54) is 0 Å². The number of aromatic nitrogens is 1. The lowest BCUT2D eigenvalue weighted by molar-refractivity contribution is -0.174. The van der Waals surface area contributed by atoms with E-state index in [0.717, 1.165) is 47.9 Å². The fraction of sp³-hybridized carbons (Fsp3) is 0.414. The highest BCUT2D eigenvalue weighted by Gasteiger charge is 2.51. The van der Waals surface area contributed by atoms with Gasteiger partial charge in [-0.3, -0.25) is 10.1 Å². The van der Waals surface area contributed by atoms with Gasteiger partial charge in [0.25, 0.3) is 0 Å². The highest BCUT2D eigenvalue weighted by Crippen LogP contribution is 2.51. The van der Waals surface area contributed by atoms with Crippen LogP contribution in [0.25, 0.3) is 11.3 Å². The lowest BCUT2D eigenvalue weighted by atomic mass is 9.62. The topological polar surface area (TPSA) is 111 Å². The quantitative estimate of drug-likeness (QED) is 0.387. The molecule has 0 spiro atoms. The Bertz CT molecular complexity index is 1290. The number of aliphatic carboxylic acids is 1. The van der Waals surface area contributed by atoms with Gasteiger partial charge in [-0.05, 0) is 63.1 Å². The Morgan fingerprint density at radius 1 is 1.08 bits per heavy atom. The number of carbonyl (C=O) groups is 2. The summed E-state index contributed by atoms with van der Waals surface area (Å²) < 4.78 is 17.3. The van der Waals surface area contributed by atoms with Crippen molar-refractivity contribution in [3.63, 3.8) is 0 Å². The molecule has 2 N–H and O–H groups in total. The Kier molecular flexibility index (Phi) is 6.54. The number of fused-ring (bicyclic) bond motifs is 3. The summed E-state index contributed by atoms with van der Waals surface area (Å²) in [6.45, 7) is 6.12. The summed E-state index contributed by atoms with van der Waals surface area (Å²) in [6.07, 6.45) is 2.38. The first-order chi connectivity index (χ1) is 17.7. The molecule has 2 aromatic carbocycles. The normalized spacial score (nSPS) is 23.4. The number of anilines is 1. The van der Waals surface area contributed by atoms with Crippen LogP contribution in [0.5, 0.6) is 0 Å². The summed E-state index contributed by atoms with van der Waals surface area (Å²) in [5.41, 5.74) is 4.37. The van der Waals surface area contributed by atoms with Crippen LogP contribution in [0, 0.1) is 13.8 Å². The van der Waals surface area contributed by atoms with Gasteiger partial charge in [-0.25, -0.2) is 4.79 Å². The van der Waals surface area contributed by atoms with Crippen molar-refractivity contribution in [2.24, 2.45) is 0 Å². The van der Waals surface area contributed by atoms with Crippen LogP contribution < -0.4 is 5.32 Å². The third-order valence-corrected chi connectivity index (χ3v) is 8.01. The van der Waals surface area contributed by atoms with Crippen molar-refractivity contribution in [1.29, 1.82) is 0 Å². The minimum atomic E-state index is -0.806. The molecule has 6 rings (SSSR count). The molecule has 8 heteroatoms. The number of benzene rings is 2. The van der Waals surface area contributed by atoms with Gasteiger partial charge in [-0.1, -0.05) is 53.7 Å². The van der Waals surface area contributed by atoms with E-state index in [4.69, 9.17) is 14.0 Å². The molecule has 2 aliphatic heterocycles. The Hall–Kier alpha value is -3.65. The van der Waals surface area contributed by atoms with Crippen LogP contribution in [0.3, 0.4) is 0 Å². The summed E-state index contributed by atoms with van der Waals surface area (Å²) in [5.74, 6) is -0.343. The van der Waals surface area contributed by atoms with E-state index in [-0.39, 0.29) is 11.8 Å². The maximum atomic E-state index is 12.7. The van der Waals surface area contributed by atoms with E-state index in [9.17, 15) is 14.7 Å². The van der Waals surface area contributed by atoms with Crippen LogP contribution in [-0.4, -0.2) is 34.5 Å². The van der Waals surface area contributed by atoms with Crippen LogP contribution in [0.15, 0.2) is 53.1 Å². The molecule has 0 radical (unpaired) electrons. The molecule has 1 aromatic heterocycles. The second-order valence-corrected chi connectivity index (χ2v) is 10.4. The molecule has 2 saturated heterocycles. The van der Waals surface area contributed by atoms with Crippen molar-refractivity contribution in [2.75, 3.05) is 11.9 Å². The van der Waals surface area contributed by atoms with E-state index in [0.29, 0.717) is 23.7 Å². The average molecular weight is 505 g/mol. The fourth-order valence-corrected chi connectivity index (χ4v) is 5.73. The zero-order valence-corrected chi connectivity index (χ0v) is 21.4. The zero-order valence-electron chi connectivity index (χ0n) is 21.4. The van der Waals surface area contributed by atoms with Crippen LogP contribution in [-0.2, 0) is 19.7 Å². The standard InChI is InChI=1S/C29H32N2O6/c1-18-6-4-5-7-23(18)20(3)36-27(34)30-25-19(2)31-37-26(25)21-8-10-22(11-9-21)28-12-14-29(15-13-28,35-17-28)16-24(32)33/h4-11,20H,12-17H2,1-3H3,(H,30,34)(H,32,33)/t20-,28?,29?/m1/s1. The minimum Gasteiger partial charge on any atom is -0.481 e. The average Bonchev–Trinajstić information content (AvgIpc) is 3.24. The van der Waals surface area contributed by atoms with Gasteiger partial charge in [0.15, 0.2) is 5.76 Å². The van der Waals surface area contributed by atoms with Gasteiger partial charge in [0, 0.05) is 11.0 Å². The predicted octanol–water partition coefficient (Wildman–Crippen LogP) is 6.32. The van der Waals surface area contributed by atoms with Gasteiger partial charge in [0.05, 0.1) is 18.6 Å². The largest absolute Gasteiger partial charge is 0.481 e. The third-order valence-electron chi connectivity index (χ3n) is 8.01. The second-order valence-electron chi connectivity index (χ2n) is 10.4. The molecule has 3 fully saturated rings. The SMILES string of the molecule is Cc1ccccc1[C@@H](C)OC(=O)Nc1c(C)noc1-c1ccc(C23CCC(CC(=O)O)(CC2)OC3)cc1. The Labute approximate surface area is 216 Å². The molecule has 3 aromatic rings. The first-order valence-electron chi connectivity index (χ1n) is 12.7. The number of carboxylic acid groups (broad SMARTS) is 1. The molecule has 8 nitrogen and oxygen atoms in total. The lowest BCUT2D eigenvalue weighted by Gasteiger charge is -2.53. The number of nitrogens with one attached hydrogen (secondary N) is 1. The highest BCUT2D eigenvalue weighted by molar-refractivity contribution is 5.90. The molecule has 1 atom stereocenters. The first kappa shape index (κ1) is 25.0. The molecule has 3 heterocycles. The predicted molar refractivity (Wildman–Crippen MR) is 137 cm³/mol. The van der Waals surface area contributed by atoms with E-state index >= 15 is 0 Å². The number of aryl methyl sites for hydroxylation is 2. The molecule has 1 aliphatic carbocycles. The van der Waals surface area contributed by atoms with Gasteiger partial charge in [0.2, 0.25) is 0 Å². The van der Waals surface area contributed by atoms with E-state index in [1.54, 1.807) is 6.92 Å². The molecule has 194 valence electrons. The molecule has 37 heavy (non-hydrogen) atoms. The Morgan fingerprint density at radius 3 is 2.41 bits per heavy atom. The molecular weight excluding hydrogens is 472 g/mol. The Balaban J connectivity index is 1.29. The summed E-state index contributed by atoms with van der Waals surface area (Å²) in [7, 11) is 0. The van der Waals surface area contributed by atoms with Crippen LogP contribution >= 0.6 is 0 Å². The number of ether oxygens (including phenoxy) is 2. The summed E-state index contributed by atoms with van der Waals surface area (Å²) in [5, 5.41) is 16.1. The molecule has 1 amide bonds. The van der Waals surface area contributed by atoms with E-state index in [2.05, 4.69) is 22.6 Å². The van der Waals surface area contributed by atoms with Gasteiger partial charge in [-0.2, -0.15) is 0 Å². The lowest BCUT2D eigenvalue weighted by Crippen LogP contribution is -2.54. The second kappa shape index (κ2) is 9.67. The van der Waals surface area contributed by atoms with Crippen LogP contribution in [0.4, 0.5) is 10.5 Å². The number of hydrogen-bond acceptors (Lipinski definition) is 6. The molecule has 0 unspecified atom stereocenters. The molecule has 3 aliphatic rings. The van der Waals surface area contributed by atoms with Gasteiger partial charge in [-0.15, -0.1) is 0 Å². The van der Waals surface area contributed by atoms with E-state index < -0.39 is 23.8 Å². The third kappa shape index (κ3) is 4.85. The van der Waals surface area contributed by atoms with Crippen LogP contribution in [0.1, 0.15) is 67.5 Å². The smallest absolute Gasteiger partial charge is 0.412 e. The minimum absolute atomic E-state index is 0.0643. The number of nitrogens with zero attached hydrogens (tertiary/aromatic N) is 1. The molecule has 1 saturated carbocycles. The summed E-state index contributed by atoms with van der Waals surface area (Å²) >= 11 is 0. The van der Waals surface area contributed by atoms with Crippen molar-refractivity contribution in [3.8, 4) is 11.3 Å². The zero-order chi connectivity index (χ0) is 26.2. The van der Waals surface area contributed by atoms with Gasteiger partial charge >= 0.3 is 12.1 Å². The summed E-state index contributed by atoms with van der Waals surface area (Å²) in [4.78, 5) is 24.0. The Morgan fingerprint density at radius 2 is 1.78 bits per heavy atom. The van der Waals surface area contributed by atoms with Crippen molar-refractivity contribution in [1.82, 2.24) is 5.16 Å². The van der Waals surface area contributed by atoms with Crippen molar-refractivity contribution >= 4 is 17.7 Å². The first-order valence-corrected chi connectivity index (χ1v) is 12.7. The summed E-state index contributed by atoms with van der Waals surface area (Å²) in [6, 6.07) is 15.9. The molecular formula is C29H32N2O6. The monoisotopic (exact) mass is 504 g/mol. The number of amides is 1. The fourth-order valence-electron chi connectivity index (χ4n) is 5.73. The van der Waals surface area contributed by atoms with Crippen LogP contribution in [0.2, 0.25) is 0 Å². The molecule has 2 bridgehead atoms. The number of hydrogen-bond donors (Lipinski definition) is 2. The number of rotatable bonds is 7. The highest BCUT2D eigenvalue weighted by atomic mass is 16.6. The van der Waals surface area contributed by atoms with E-state index in [1.807, 2.05) is 50.2 Å². The van der Waals surface area contributed by atoms with Crippen molar-refractivity contribution in [2.45, 2.75) is 70.0 Å². The number of carbonyl (C=O) groups excluding carboxylic acids is 1. The number of carboxylic acids is 1.